The first-order valence-corrected chi connectivity index (χ1v) is 9.03. The molecule has 2 fully saturated rings. The Labute approximate surface area is 152 Å². The van der Waals surface area contributed by atoms with Gasteiger partial charge in [-0.1, -0.05) is 17.4 Å². The van der Waals surface area contributed by atoms with Crippen molar-refractivity contribution in [2.24, 2.45) is 0 Å². The van der Waals surface area contributed by atoms with Gasteiger partial charge in [0.05, 0.1) is 30.5 Å². The summed E-state index contributed by atoms with van der Waals surface area (Å²) in [5, 5.41) is 0.748. The smallest absolute Gasteiger partial charge is 0.416 e. The average Bonchev–Trinajstić information content (AvgIpc) is 3.06. The zero-order valence-corrected chi connectivity index (χ0v) is 14.7. The van der Waals surface area contributed by atoms with E-state index in [1.165, 1.54) is 29.7 Å². The number of carbonyl (C=O) groups is 1. The molecule has 26 heavy (non-hydrogen) atoms. The van der Waals surface area contributed by atoms with Crippen LogP contribution in [0.1, 0.15) is 22.2 Å². The van der Waals surface area contributed by atoms with Crippen LogP contribution in [0, 0.1) is 0 Å². The molecular formula is C17H16F3N3O2S. The lowest BCUT2D eigenvalue weighted by Gasteiger charge is -2.62. The maximum Gasteiger partial charge on any atom is 0.416 e. The molecular weight excluding hydrogens is 367 g/mol. The first-order valence-electron chi connectivity index (χ1n) is 8.22. The van der Waals surface area contributed by atoms with Crippen molar-refractivity contribution < 1.29 is 22.7 Å². The van der Waals surface area contributed by atoms with Gasteiger partial charge in [-0.25, -0.2) is 9.78 Å². The third-order valence-electron chi connectivity index (χ3n) is 4.73. The maximum absolute atomic E-state index is 12.9. The molecule has 9 heteroatoms. The van der Waals surface area contributed by atoms with Crippen LogP contribution < -0.4 is 9.80 Å². The number of benzene rings is 1. The highest BCUT2D eigenvalue weighted by Crippen LogP contribution is 2.42. The van der Waals surface area contributed by atoms with Gasteiger partial charge >= 0.3 is 12.1 Å². The summed E-state index contributed by atoms with van der Waals surface area (Å²) in [7, 11) is 0. The van der Waals surface area contributed by atoms with Crippen LogP contribution in [-0.4, -0.2) is 42.7 Å². The number of ether oxygens (including phenoxy) is 1. The van der Waals surface area contributed by atoms with E-state index in [2.05, 4.69) is 9.88 Å². The monoisotopic (exact) mass is 383 g/mol. The average molecular weight is 383 g/mol. The molecule has 2 aliphatic rings. The van der Waals surface area contributed by atoms with E-state index in [0.717, 1.165) is 11.2 Å². The molecule has 5 nitrogen and oxygen atoms in total. The Morgan fingerprint density at radius 1 is 1.31 bits per heavy atom. The van der Waals surface area contributed by atoms with Crippen LogP contribution in [0.25, 0.3) is 0 Å². The molecule has 1 aromatic carbocycles. The summed E-state index contributed by atoms with van der Waals surface area (Å²) in [6.45, 7) is 3.38. The molecule has 0 radical (unpaired) electrons. The van der Waals surface area contributed by atoms with Crippen molar-refractivity contribution in [3.8, 4) is 0 Å². The van der Waals surface area contributed by atoms with Crippen LogP contribution in [0.3, 0.4) is 0 Å². The summed E-state index contributed by atoms with van der Waals surface area (Å²) in [5.41, 5.74) is -0.0410. The van der Waals surface area contributed by atoms with Crippen molar-refractivity contribution in [1.29, 1.82) is 0 Å². The normalized spacial score (nSPS) is 21.7. The number of alkyl halides is 3. The van der Waals surface area contributed by atoms with E-state index in [1.54, 1.807) is 13.0 Å². The number of nitrogens with zero attached hydrogens (tertiary/aromatic N) is 3. The number of fused-ring (bicyclic) bond motifs is 1. The Morgan fingerprint density at radius 2 is 2.04 bits per heavy atom. The van der Waals surface area contributed by atoms with E-state index < -0.39 is 11.7 Å². The Morgan fingerprint density at radius 3 is 2.69 bits per heavy atom. The van der Waals surface area contributed by atoms with Gasteiger partial charge in [-0.2, -0.15) is 13.2 Å². The molecule has 0 aliphatic carbocycles. The van der Waals surface area contributed by atoms with Crippen LogP contribution in [-0.2, 0) is 10.9 Å². The number of hydrogen-bond acceptors (Lipinski definition) is 6. The minimum Gasteiger partial charge on any atom is -0.462 e. The van der Waals surface area contributed by atoms with Crippen molar-refractivity contribution >= 4 is 28.1 Å². The number of halogens is 3. The number of rotatable bonds is 4. The molecule has 1 aromatic heterocycles. The van der Waals surface area contributed by atoms with Gasteiger partial charge in [0.15, 0.2) is 5.13 Å². The van der Waals surface area contributed by atoms with Gasteiger partial charge < -0.3 is 14.5 Å². The van der Waals surface area contributed by atoms with Crippen LogP contribution >= 0.6 is 11.3 Å². The van der Waals surface area contributed by atoms with Gasteiger partial charge in [0.1, 0.15) is 4.88 Å². The summed E-state index contributed by atoms with van der Waals surface area (Å²) < 4.78 is 43.6. The SMILES string of the molecule is CCOC(=O)c1cnc(N2CC3[C@H]2CN3c2cccc(C(F)(F)F)c2)s1. The van der Waals surface area contributed by atoms with Gasteiger partial charge in [-0.15, -0.1) is 0 Å². The van der Waals surface area contributed by atoms with Gasteiger partial charge in [0, 0.05) is 18.8 Å². The van der Waals surface area contributed by atoms with Crippen LogP contribution in [0.2, 0.25) is 0 Å². The zero-order chi connectivity index (χ0) is 18.5. The fourth-order valence-corrected chi connectivity index (χ4v) is 4.20. The van der Waals surface area contributed by atoms with E-state index >= 15 is 0 Å². The highest BCUT2D eigenvalue weighted by molar-refractivity contribution is 7.17. The van der Waals surface area contributed by atoms with Crippen molar-refractivity contribution in [2.75, 3.05) is 29.5 Å². The molecule has 1 unspecified atom stereocenters. The second-order valence-electron chi connectivity index (χ2n) is 6.22. The molecule has 0 amide bonds. The molecule has 4 rings (SSSR count). The quantitative estimate of drug-likeness (QED) is 0.757. The fraction of sp³-hybridized carbons (Fsp3) is 0.412. The van der Waals surface area contributed by atoms with Crippen LogP contribution in [0.4, 0.5) is 24.0 Å². The van der Waals surface area contributed by atoms with Crippen LogP contribution in [0.5, 0.6) is 0 Å². The first-order chi connectivity index (χ1) is 12.4. The first kappa shape index (κ1) is 17.1. The number of aromatic nitrogens is 1. The Hall–Kier alpha value is -2.29. The molecule has 0 bridgehead atoms. The number of esters is 1. The van der Waals surface area contributed by atoms with E-state index in [1.807, 2.05) is 4.90 Å². The summed E-state index contributed by atoms with van der Waals surface area (Å²) in [4.78, 5) is 20.5. The number of hydrogen-bond donors (Lipinski definition) is 0. The van der Waals surface area contributed by atoms with E-state index in [4.69, 9.17) is 4.74 Å². The third kappa shape index (κ3) is 2.80. The standard InChI is InChI=1S/C17H16F3N3O2S/c1-2-25-15(24)14-7-21-16(26-14)23-9-12-13(23)8-22(12)11-5-3-4-10(6-11)17(18,19)20/h3-7,12-13H,2,8-9H2,1H3/t12?,13-/m1/s1. The molecule has 0 N–H and O–H groups in total. The van der Waals surface area contributed by atoms with Crippen molar-refractivity contribution in [3.05, 3.63) is 40.9 Å². The second kappa shape index (κ2) is 6.15. The lowest BCUT2D eigenvalue weighted by atomic mass is 9.85. The van der Waals surface area contributed by atoms with Gasteiger partial charge in [-0.3, -0.25) is 0 Å². The largest absolute Gasteiger partial charge is 0.462 e. The van der Waals surface area contributed by atoms with E-state index in [0.29, 0.717) is 30.3 Å². The number of piperazine rings is 1. The maximum atomic E-state index is 12.9. The topological polar surface area (TPSA) is 45.7 Å². The minimum atomic E-state index is -4.34. The summed E-state index contributed by atoms with van der Waals surface area (Å²) in [5.74, 6) is -0.382. The molecule has 0 spiro atoms. The summed E-state index contributed by atoms with van der Waals surface area (Å²) in [6.07, 6.45) is -2.83. The Balaban J connectivity index is 1.42. The van der Waals surface area contributed by atoms with Crippen LogP contribution in [0.15, 0.2) is 30.5 Å². The Bertz CT molecular complexity index is 839. The number of thiazole rings is 1. The molecule has 2 atom stereocenters. The van der Waals surface area contributed by atoms with E-state index in [9.17, 15) is 18.0 Å². The van der Waals surface area contributed by atoms with Gasteiger partial charge in [-0.05, 0) is 25.1 Å². The van der Waals surface area contributed by atoms with Crippen molar-refractivity contribution in [2.45, 2.75) is 25.2 Å². The molecule has 2 aliphatic heterocycles. The zero-order valence-electron chi connectivity index (χ0n) is 13.9. The predicted octanol–water partition coefficient (Wildman–Crippen LogP) is 3.42. The molecule has 0 saturated carbocycles. The highest BCUT2D eigenvalue weighted by atomic mass is 32.1. The molecule has 2 saturated heterocycles. The molecule has 3 heterocycles. The van der Waals surface area contributed by atoms with Gasteiger partial charge in [0.2, 0.25) is 0 Å². The Kier molecular flexibility index (Phi) is 4.06. The van der Waals surface area contributed by atoms with Gasteiger partial charge in [0.25, 0.3) is 0 Å². The summed E-state index contributed by atoms with van der Waals surface area (Å²) in [6, 6.07) is 5.81. The summed E-state index contributed by atoms with van der Waals surface area (Å²) >= 11 is 1.28. The molecule has 138 valence electrons. The number of carbonyl (C=O) groups excluding carboxylic acids is 1. The van der Waals surface area contributed by atoms with Crippen molar-refractivity contribution in [1.82, 2.24) is 4.98 Å². The van der Waals surface area contributed by atoms with Crippen molar-refractivity contribution in [3.63, 3.8) is 0 Å². The second-order valence-corrected chi connectivity index (χ2v) is 7.22. The van der Waals surface area contributed by atoms with E-state index in [-0.39, 0.29) is 18.1 Å². The molecule has 2 aromatic rings. The lowest BCUT2D eigenvalue weighted by molar-refractivity contribution is -0.137. The predicted molar refractivity (Wildman–Crippen MR) is 91.8 cm³/mol. The highest BCUT2D eigenvalue weighted by Gasteiger charge is 2.52. The lowest BCUT2D eigenvalue weighted by Crippen LogP contribution is -2.79. The minimum absolute atomic E-state index is 0.174. The number of anilines is 2. The fourth-order valence-electron chi connectivity index (χ4n) is 3.33. The third-order valence-corrected chi connectivity index (χ3v) is 5.75.